The zero-order chi connectivity index (χ0) is 36.2. The minimum atomic E-state index is -3.55. The van der Waals surface area contributed by atoms with Gasteiger partial charge in [0.1, 0.15) is 0 Å². The van der Waals surface area contributed by atoms with Crippen molar-refractivity contribution in [1.82, 2.24) is 9.47 Å². The second-order valence-electron chi connectivity index (χ2n) is 14.3. The standard InChI is InChI=1S/C39H41ClFN3O6Si/c1-24-36(51(3,4)41)34(20-35(46)43-22-27-11-6-5-10-26(27)18-30(43)23-45)50-39(24)31-19-28(40)14-15-32(31)44(38(39)48)21-25-9-7-12-29(17-25)42-16-8-13-33(49-2)37(42)47/h5-17,19,24,30,34,36,45H,18,20-23H2,1-4H3/t24-,30+,34+,36-,39+/m1/s1. The Morgan fingerprint density at radius 2 is 1.82 bits per heavy atom. The van der Waals surface area contributed by atoms with Crippen LogP contribution in [0.25, 0.3) is 5.69 Å². The molecule has 0 aliphatic carbocycles. The van der Waals surface area contributed by atoms with Gasteiger partial charge in [-0.2, -0.15) is 0 Å². The van der Waals surface area contributed by atoms with Crippen LogP contribution in [0.3, 0.4) is 0 Å². The topological polar surface area (TPSA) is 101 Å². The molecule has 4 heterocycles. The maximum absolute atomic E-state index is 16.5. The van der Waals surface area contributed by atoms with Gasteiger partial charge < -0.3 is 28.5 Å². The number of hydrogen-bond donors (Lipinski definition) is 1. The van der Waals surface area contributed by atoms with E-state index in [2.05, 4.69) is 0 Å². The first-order valence-corrected chi connectivity index (χ1v) is 20.5. The van der Waals surface area contributed by atoms with Crippen molar-refractivity contribution in [2.45, 2.75) is 69.2 Å². The lowest BCUT2D eigenvalue weighted by Crippen LogP contribution is -2.48. The Morgan fingerprint density at radius 3 is 2.55 bits per heavy atom. The van der Waals surface area contributed by atoms with Gasteiger partial charge in [0.2, 0.25) is 14.3 Å². The lowest BCUT2D eigenvalue weighted by molar-refractivity contribution is -0.151. The maximum Gasteiger partial charge on any atom is 0.297 e. The third kappa shape index (κ3) is 5.99. The average molecular weight is 730 g/mol. The summed E-state index contributed by atoms with van der Waals surface area (Å²) in [7, 11) is -2.11. The van der Waals surface area contributed by atoms with E-state index in [9.17, 15) is 19.5 Å². The number of aliphatic hydroxyl groups is 1. The number of nitrogens with zero attached hydrogens (tertiary/aromatic N) is 3. The molecule has 51 heavy (non-hydrogen) atoms. The predicted octanol–water partition coefficient (Wildman–Crippen LogP) is 6.16. The number of hydrogen-bond acceptors (Lipinski definition) is 6. The number of halogens is 2. The van der Waals surface area contributed by atoms with Crippen LogP contribution < -0.4 is 15.2 Å². The number of pyridine rings is 1. The lowest BCUT2D eigenvalue weighted by Gasteiger charge is -2.37. The first-order chi connectivity index (χ1) is 24.4. The molecule has 1 spiro atoms. The molecular weight excluding hydrogens is 689 g/mol. The molecule has 3 aromatic carbocycles. The van der Waals surface area contributed by atoms with Crippen molar-refractivity contribution >= 4 is 37.5 Å². The zero-order valence-corrected chi connectivity index (χ0v) is 30.8. The lowest BCUT2D eigenvalue weighted by atomic mass is 9.82. The molecule has 3 aliphatic rings. The Kier molecular flexibility index (Phi) is 9.20. The molecule has 1 fully saturated rings. The summed E-state index contributed by atoms with van der Waals surface area (Å²) in [6, 6.07) is 23.3. The molecule has 9 nitrogen and oxygen atoms in total. The highest BCUT2D eigenvalue weighted by atomic mass is 35.5. The monoisotopic (exact) mass is 729 g/mol. The van der Waals surface area contributed by atoms with Crippen molar-refractivity contribution in [3.63, 3.8) is 0 Å². The van der Waals surface area contributed by atoms with Crippen LogP contribution in [-0.2, 0) is 39.4 Å². The Balaban J connectivity index is 1.23. The number of benzene rings is 3. The van der Waals surface area contributed by atoms with Gasteiger partial charge >= 0.3 is 0 Å². The van der Waals surface area contributed by atoms with Gasteiger partial charge in [0, 0.05) is 40.5 Å². The highest BCUT2D eigenvalue weighted by Crippen LogP contribution is 2.60. The van der Waals surface area contributed by atoms with Crippen LogP contribution >= 0.6 is 11.6 Å². The van der Waals surface area contributed by atoms with E-state index in [4.69, 9.17) is 21.1 Å². The molecule has 2 amide bonds. The average Bonchev–Trinajstić information content (AvgIpc) is 3.53. The molecule has 1 N–H and O–H groups in total. The van der Waals surface area contributed by atoms with Gasteiger partial charge in [-0.05, 0) is 78.7 Å². The van der Waals surface area contributed by atoms with Gasteiger partial charge in [-0.1, -0.05) is 54.9 Å². The van der Waals surface area contributed by atoms with Gasteiger partial charge in [0.15, 0.2) is 11.4 Å². The van der Waals surface area contributed by atoms with E-state index < -0.39 is 37.6 Å². The number of anilines is 1. The minimum absolute atomic E-state index is 0.129. The van der Waals surface area contributed by atoms with Crippen LogP contribution in [0.1, 0.15) is 35.6 Å². The molecule has 12 heteroatoms. The fraction of sp³-hybridized carbons (Fsp3) is 0.359. The van der Waals surface area contributed by atoms with Gasteiger partial charge in [-0.3, -0.25) is 19.0 Å². The number of fused-ring (bicyclic) bond motifs is 3. The van der Waals surface area contributed by atoms with E-state index in [0.29, 0.717) is 34.9 Å². The Morgan fingerprint density at radius 1 is 1.06 bits per heavy atom. The van der Waals surface area contributed by atoms with E-state index in [-0.39, 0.29) is 42.7 Å². The molecule has 1 saturated heterocycles. The van der Waals surface area contributed by atoms with Crippen LogP contribution in [0.15, 0.2) is 89.9 Å². The van der Waals surface area contributed by atoms with Gasteiger partial charge in [0.25, 0.3) is 11.5 Å². The molecule has 266 valence electrons. The number of ether oxygens (including phenoxy) is 2. The summed E-state index contributed by atoms with van der Waals surface area (Å²) in [6.07, 6.45) is 1.16. The quantitative estimate of drug-likeness (QED) is 0.172. The van der Waals surface area contributed by atoms with Crippen LogP contribution in [-0.4, -0.2) is 60.7 Å². The van der Waals surface area contributed by atoms with Gasteiger partial charge in [-0.15, -0.1) is 0 Å². The van der Waals surface area contributed by atoms with Crippen molar-refractivity contribution in [1.29, 1.82) is 0 Å². The molecule has 0 radical (unpaired) electrons. The molecule has 5 atom stereocenters. The highest BCUT2D eigenvalue weighted by Gasteiger charge is 2.67. The van der Waals surface area contributed by atoms with E-state index in [1.54, 1.807) is 65.5 Å². The summed E-state index contributed by atoms with van der Waals surface area (Å²) in [4.78, 5) is 45.3. The summed E-state index contributed by atoms with van der Waals surface area (Å²) < 4.78 is 30.0. The van der Waals surface area contributed by atoms with Crippen LogP contribution in [0.2, 0.25) is 23.7 Å². The van der Waals surface area contributed by atoms with Crippen molar-refractivity contribution in [2.24, 2.45) is 5.92 Å². The number of amides is 2. The summed E-state index contributed by atoms with van der Waals surface area (Å²) >= 11 is 6.56. The molecule has 1 aromatic heterocycles. The fourth-order valence-electron chi connectivity index (χ4n) is 8.53. The molecule has 0 unspecified atom stereocenters. The van der Waals surface area contributed by atoms with Crippen molar-refractivity contribution < 1.29 is 28.3 Å². The largest absolute Gasteiger partial charge is 0.491 e. The van der Waals surface area contributed by atoms with Crippen LogP contribution in [0.5, 0.6) is 5.75 Å². The van der Waals surface area contributed by atoms with E-state index in [1.165, 1.54) is 11.7 Å². The summed E-state index contributed by atoms with van der Waals surface area (Å²) in [5, 5.41) is 10.7. The Hall–Kier alpha value is -4.29. The van der Waals surface area contributed by atoms with E-state index in [1.807, 2.05) is 49.4 Å². The number of aromatic nitrogens is 1. The van der Waals surface area contributed by atoms with E-state index >= 15 is 4.11 Å². The van der Waals surface area contributed by atoms with Crippen molar-refractivity contribution in [3.05, 3.63) is 123 Å². The van der Waals surface area contributed by atoms with E-state index in [0.717, 1.165) is 16.7 Å². The molecule has 7 rings (SSSR count). The number of carbonyl (C=O) groups is 2. The van der Waals surface area contributed by atoms with Crippen molar-refractivity contribution in [2.75, 3.05) is 18.6 Å². The zero-order valence-electron chi connectivity index (χ0n) is 29.0. The SMILES string of the molecule is COc1cccn(-c2cccc(CN3C(=O)[C@@]4(O[C@@H](CC(=O)N5Cc6ccccc6C[C@H]5CO)[C@H]([Si](C)(C)F)[C@H]4C)c4cc(Cl)ccc43)c2)c1=O. The third-order valence-electron chi connectivity index (χ3n) is 10.8. The molecule has 3 aliphatic heterocycles. The Labute approximate surface area is 302 Å². The molecule has 0 bridgehead atoms. The number of carbonyl (C=O) groups excluding carboxylic acids is 2. The van der Waals surface area contributed by atoms with Gasteiger partial charge in [0.05, 0.1) is 44.5 Å². The van der Waals surface area contributed by atoms with Gasteiger partial charge in [-0.25, -0.2) is 0 Å². The maximum atomic E-state index is 16.5. The molecular formula is C39H41ClFN3O6Si. The molecule has 4 aromatic rings. The minimum Gasteiger partial charge on any atom is -0.491 e. The summed E-state index contributed by atoms with van der Waals surface area (Å²) in [5.74, 6) is -1.01. The van der Waals surface area contributed by atoms with Crippen molar-refractivity contribution in [3.8, 4) is 11.4 Å². The second kappa shape index (κ2) is 13.4. The smallest absolute Gasteiger partial charge is 0.297 e. The first-order valence-electron chi connectivity index (χ1n) is 17.2. The third-order valence-corrected chi connectivity index (χ3v) is 13.5. The number of rotatable bonds is 8. The normalized spacial score (nSPS) is 24.2. The van der Waals surface area contributed by atoms with Crippen LogP contribution in [0.4, 0.5) is 9.80 Å². The number of methoxy groups -OCH3 is 1. The second-order valence-corrected chi connectivity index (χ2v) is 18.5. The first kappa shape index (κ1) is 35.1. The summed E-state index contributed by atoms with van der Waals surface area (Å²) in [6.45, 7) is 5.33. The highest BCUT2D eigenvalue weighted by molar-refractivity contribution is 6.72. The fourth-order valence-corrected chi connectivity index (χ4v) is 11.2. The molecule has 0 saturated carbocycles. The summed E-state index contributed by atoms with van der Waals surface area (Å²) in [5.41, 5.74) is 2.02. The van der Waals surface area contributed by atoms with Crippen LogP contribution in [0, 0.1) is 5.92 Å². The Bertz CT molecular complexity index is 2070. The number of aliphatic hydroxyl groups excluding tert-OH is 1. The predicted molar refractivity (Wildman–Crippen MR) is 195 cm³/mol.